The molecule has 26 heavy (non-hydrogen) atoms. The monoisotopic (exact) mass is 351 g/mol. The van der Waals surface area contributed by atoms with E-state index in [4.69, 9.17) is 0 Å². The number of carbonyl (C=O) groups excluding carboxylic acids is 1. The van der Waals surface area contributed by atoms with Crippen LogP contribution in [0.25, 0.3) is 11.0 Å². The Balaban J connectivity index is 1.58. The highest BCUT2D eigenvalue weighted by Crippen LogP contribution is 2.29. The number of rotatable bonds is 6. The summed E-state index contributed by atoms with van der Waals surface area (Å²) in [6.45, 7) is 2.87. The molecule has 134 valence electrons. The van der Waals surface area contributed by atoms with Crippen LogP contribution in [0.2, 0.25) is 0 Å². The molecule has 1 amide bonds. The zero-order valence-corrected chi connectivity index (χ0v) is 14.9. The second kappa shape index (κ2) is 6.90. The zero-order valence-electron chi connectivity index (χ0n) is 14.9. The molecule has 1 aliphatic carbocycles. The van der Waals surface area contributed by atoms with Gasteiger partial charge in [0.05, 0.1) is 11.0 Å². The van der Waals surface area contributed by atoms with Crippen molar-refractivity contribution < 1.29 is 9.18 Å². The molecule has 1 heterocycles. The summed E-state index contributed by atoms with van der Waals surface area (Å²) in [4.78, 5) is 19.7. The molecule has 1 aliphatic rings. The normalized spacial score (nSPS) is 13.9. The summed E-state index contributed by atoms with van der Waals surface area (Å²) in [5, 5.41) is 0. The highest BCUT2D eigenvalue weighted by Gasteiger charge is 2.33. The van der Waals surface area contributed by atoms with Crippen LogP contribution >= 0.6 is 0 Å². The summed E-state index contributed by atoms with van der Waals surface area (Å²) < 4.78 is 15.2. The summed E-state index contributed by atoms with van der Waals surface area (Å²) in [5.74, 6) is 0.766. The van der Waals surface area contributed by atoms with Crippen LogP contribution in [-0.4, -0.2) is 26.4 Å². The fourth-order valence-electron chi connectivity index (χ4n) is 3.39. The molecule has 1 fully saturated rings. The highest BCUT2D eigenvalue weighted by atomic mass is 19.1. The fraction of sp³-hybridized carbons (Fsp3) is 0.333. The molecule has 5 heteroatoms. The predicted octanol–water partition coefficient (Wildman–Crippen LogP) is 3.93. The zero-order chi connectivity index (χ0) is 18.1. The Hall–Kier alpha value is -2.69. The maximum Gasteiger partial charge on any atom is 0.243 e. The number of para-hydroxylation sites is 2. The first kappa shape index (κ1) is 16.8. The van der Waals surface area contributed by atoms with Crippen LogP contribution in [0.1, 0.15) is 31.2 Å². The van der Waals surface area contributed by atoms with Gasteiger partial charge in [-0.25, -0.2) is 9.37 Å². The maximum atomic E-state index is 13.1. The number of hydrogen-bond donors (Lipinski definition) is 0. The van der Waals surface area contributed by atoms with Crippen LogP contribution < -0.4 is 0 Å². The number of aromatic nitrogens is 2. The predicted molar refractivity (Wildman–Crippen MR) is 99.1 cm³/mol. The first-order chi connectivity index (χ1) is 12.7. The largest absolute Gasteiger partial charge is 0.334 e. The summed E-state index contributed by atoms with van der Waals surface area (Å²) in [7, 11) is 0. The molecule has 2 aromatic carbocycles. The van der Waals surface area contributed by atoms with Gasteiger partial charge in [-0.2, -0.15) is 0 Å². The van der Waals surface area contributed by atoms with Crippen molar-refractivity contribution in [2.45, 2.75) is 45.3 Å². The van der Waals surface area contributed by atoms with Gasteiger partial charge in [0, 0.05) is 19.0 Å². The van der Waals surface area contributed by atoms with Crippen molar-refractivity contribution in [1.82, 2.24) is 14.5 Å². The lowest BCUT2D eigenvalue weighted by molar-refractivity contribution is -0.133. The molecule has 4 nitrogen and oxygen atoms in total. The van der Waals surface area contributed by atoms with Gasteiger partial charge in [-0.15, -0.1) is 0 Å². The number of hydrogen-bond acceptors (Lipinski definition) is 2. The molecular formula is C21H22FN3O. The van der Waals surface area contributed by atoms with Gasteiger partial charge >= 0.3 is 0 Å². The topological polar surface area (TPSA) is 38.1 Å². The summed E-state index contributed by atoms with van der Waals surface area (Å²) in [6, 6.07) is 14.6. The summed E-state index contributed by atoms with van der Waals surface area (Å²) in [6.07, 6.45) is 2.86. The molecule has 0 bridgehead atoms. The van der Waals surface area contributed by atoms with E-state index < -0.39 is 0 Å². The quantitative estimate of drug-likeness (QED) is 0.675. The van der Waals surface area contributed by atoms with Gasteiger partial charge < -0.3 is 9.47 Å². The molecule has 0 aliphatic heterocycles. The van der Waals surface area contributed by atoms with E-state index in [1.165, 1.54) is 12.1 Å². The third-order valence-electron chi connectivity index (χ3n) is 4.92. The molecule has 0 unspecified atom stereocenters. The number of nitrogens with zero attached hydrogens (tertiary/aromatic N) is 3. The van der Waals surface area contributed by atoms with Gasteiger partial charge in [-0.05, 0) is 42.7 Å². The average Bonchev–Trinajstić information content (AvgIpc) is 3.43. The van der Waals surface area contributed by atoms with E-state index in [0.717, 1.165) is 41.7 Å². The molecule has 1 saturated carbocycles. The molecule has 0 radical (unpaired) electrons. The van der Waals surface area contributed by atoms with Gasteiger partial charge in [0.2, 0.25) is 5.91 Å². The van der Waals surface area contributed by atoms with Gasteiger partial charge in [-0.3, -0.25) is 4.79 Å². The lowest BCUT2D eigenvalue weighted by Crippen LogP contribution is -2.35. The second-order valence-corrected chi connectivity index (χ2v) is 6.84. The number of fused-ring (bicyclic) bond motifs is 1. The number of halogens is 1. The van der Waals surface area contributed by atoms with Gasteiger partial charge in [0.15, 0.2) is 0 Å². The number of imidazole rings is 1. The van der Waals surface area contributed by atoms with E-state index in [0.29, 0.717) is 19.1 Å². The molecule has 4 rings (SSSR count). The minimum atomic E-state index is -0.254. The number of aryl methyl sites for hydroxylation is 1. The number of amides is 1. The van der Waals surface area contributed by atoms with Crippen LogP contribution in [0.15, 0.2) is 48.5 Å². The van der Waals surface area contributed by atoms with E-state index in [1.807, 2.05) is 33.7 Å². The maximum absolute atomic E-state index is 13.1. The van der Waals surface area contributed by atoms with Crippen LogP contribution in [0.3, 0.4) is 0 Å². The van der Waals surface area contributed by atoms with E-state index in [2.05, 4.69) is 11.9 Å². The van der Waals surface area contributed by atoms with Crippen LogP contribution in [0.4, 0.5) is 4.39 Å². The highest BCUT2D eigenvalue weighted by molar-refractivity contribution is 5.81. The summed E-state index contributed by atoms with van der Waals surface area (Å²) in [5.41, 5.74) is 2.88. The van der Waals surface area contributed by atoms with Gasteiger partial charge in [0.25, 0.3) is 0 Å². The Morgan fingerprint density at radius 3 is 2.62 bits per heavy atom. The Bertz CT molecular complexity index is 928. The van der Waals surface area contributed by atoms with Crippen molar-refractivity contribution in [3.63, 3.8) is 0 Å². The molecule has 3 aromatic rings. The van der Waals surface area contributed by atoms with E-state index in [9.17, 15) is 9.18 Å². The van der Waals surface area contributed by atoms with Crippen molar-refractivity contribution in [3.8, 4) is 0 Å². The van der Waals surface area contributed by atoms with Crippen molar-refractivity contribution in [3.05, 3.63) is 65.7 Å². The molecule has 0 spiro atoms. The molecule has 0 atom stereocenters. The Morgan fingerprint density at radius 1 is 1.19 bits per heavy atom. The van der Waals surface area contributed by atoms with Crippen molar-refractivity contribution in [2.75, 3.05) is 0 Å². The molecule has 1 aromatic heterocycles. The summed E-state index contributed by atoms with van der Waals surface area (Å²) >= 11 is 0. The lowest BCUT2D eigenvalue weighted by atomic mass is 10.2. The van der Waals surface area contributed by atoms with Crippen LogP contribution in [0, 0.1) is 5.82 Å². The van der Waals surface area contributed by atoms with Crippen LogP contribution in [-0.2, 0) is 24.3 Å². The average molecular weight is 351 g/mol. The fourth-order valence-corrected chi connectivity index (χ4v) is 3.39. The Morgan fingerprint density at radius 2 is 1.92 bits per heavy atom. The first-order valence-electron chi connectivity index (χ1n) is 9.13. The molecule has 0 N–H and O–H groups in total. The standard InChI is InChI=1S/C21H22FN3O/c1-2-20-23-18-5-3-4-6-19(18)25(20)14-21(26)24(17-11-12-17)13-15-7-9-16(22)10-8-15/h3-10,17H,2,11-14H2,1H3. The smallest absolute Gasteiger partial charge is 0.243 e. The lowest BCUT2D eigenvalue weighted by Gasteiger charge is -2.23. The van der Waals surface area contributed by atoms with Gasteiger partial charge in [-0.1, -0.05) is 31.2 Å². The van der Waals surface area contributed by atoms with Crippen LogP contribution in [0.5, 0.6) is 0 Å². The Labute approximate surface area is 152 Å². The van der Waals surface area contributed by atoms with E-state index >= 15 is 0 Å². The first-order valence-corrected chi connectivity index (χ1v) is 9.13. The minimum Gasteiger partial charge on any atom is -0.334 e. The van der Waals surface area contributed by atoms with Crippen molar-refractivity contribution >= 4 is 16.9 Å². The van der Waals surface area contributed by atoms with Gasteiger partial charge in [0.1, 0.15) is 18.2 Å². The molecule has 0 saturated heterocycles. The second-order valence-electron chi connectivity index (χ2n) is 6.84. The number of benzene rings is 2. The molecular weight excluding hydrogens is 329 g/mol. The van der Waals surface area contributed by atoms with E-state index in [-0.39, 0.29) is 11.7 Å². The number of carbonyl (C=O) groups is 1. The van der Waals surface area contributed by atoms with E-state index in [1.54, 1.807) is 12.1 Å². The third kappa shape index (κ3) is 3.34. The minimum absolute atomic E-state index is 0.0923. The Kier molecular flexibility index (Phi) is 4.45. The third-order valence-corrected chi connectivity index (χ3v) is 4.92. The van der Waals surface area contributed by atoms with Crippen molar-refractivity contribution in [1.29, 1.82) is 0 Å². The SMILES string of the molecule is CCc1nc2ccccc2n1CC(=O)N(Cc1ccc(F)cc1)C1CC1. The van der Waals surface area contributed by atoms with Crippen molar-refractivity contribution in [2.24, 2.45) is 0 Å².